The van der Waals surface area contributed by atoms with Crippen molar-refractivity contribution in [1.29, 1.82) is 0 Å². The maximum Gasteiger partial charge on any atom is 0.0237 e. The lowest BCUT2D eigenvalue weighted by Gasteiger charge is -2.22. The molecule has 1 saturated heterocycles. The molecule has 0 radical (unpaired) electrons. The summed E-state index contributed by atoms with van der Waals surface area (Å²) >= 11 is 0. The highest BCUT2D eigenvalue weighted by atomic mass is 15.2. The molecular weight excluding hydrogens is 196 g/mol. The summed E-state index contributed by atoms with van der Waals surface area (Å²) in [5, 5.41) is 0. The zero-order chi connectivity index (χ0) is 11.5. The first-order chi connectivity index (χ1) is 7.70. The van der Waals surface area contributed by atoms with Crippen molar-refractivity contribution in [3.63, 3.8) is 0 Å². The number of hydrogen-bond donors (Lipinski definition) is 1. The summed E-state index contributed by atoms with van der Waals surface area (Å²) in [5.74, 6) is 0. The number of nitrogens with two attached hydrogens (primary N) is 1. The molecule has 2 N–H and O–H groups in total. The van der Waals surface area contributed by atoms with Crippen LogP contribution in [0.3, 0.4) is 0 Å². The van der Waals surface area contributed by atoms with E-state index in [0.29, 0.717) is 12.1 Å². The SMILES string of the molecule is CCc1ccc(CN2CCC(N)C2C)cc1. The molecule has 0 aliphatic carbocycles. The monoisotopic (exact) mass is 218 g/mol. The van der Waals surface area contributed by atoms with Crippen molar-refractivity contribution in [1.82, 2.24) is 4.90 Å². The lowest BCUT2D eigenvalue weighted by molar-refractivity contribution is 0.251. The van der Waals surface area contributed by atoms with E-state index < -0.39 is 0 Å². The highest BCUT2D eigenvalue weighted by molar-refractivity contribution is 5.22. The summed E-state index contributed by atoms with van der Waals surface area (Å²) in [4.78, 5) is 2.48. The Morgan fingerprint density at radius 2 is 1.88 bits per heavy atom. The summed E-state index contributed by atoms with van der Waals surface area (Å²) in [6, 6.07) is 9.83. The first kappa shape index (κ1) is 11.6. The van der Waals surface area contributed by atoms with Gasteiger partial charge in [0.05, 0.1) is 0 Å². The number of rotatable bonds is 3. The minimum Gasteiger partial charge on any atom is -0.326 e. The first-order valence-corrected chi connectivity index (χ1v) is 6.28. The lowest BCUT2D eigenvalue weighted by atomic mass is 10.1. The van der Waals surface area contributed by atoms with Crippen LogP contribution in [0.4, 0.5) is 0 Å². The molecule has 0 amide bonds. The van der Waals surface area contributed by atoms with Gasteiger partial charge in [-0.15, -0.1) is 0 Å². The van der Waals surface area contributed by atoms with E-state index in [-0.39, 0.29) is 0 Å². The molecule has 0 spiro atoms. The second-order valence-corrected chi connectivity index (χ2v) is 4.83. The van der Waals surface area contributed by atoms with Crippen LogP contribution in [0.2, 0.25) is 0 Å². The predicted octanol–water partition coefficient (Wildman–Crippen LogP) is 2.17. The van der Waals surface area contributed by atoms with Crippen LogP contribution < -0.4 is 5.73 Å². The Balaban J connectivity index is 1.98. The third-order valence-corrected chi connectivity index (χ3v) is 3.76. The van der Waals surface area contributed by atoms with Crippen LogP contribution in [0.5, 0.6) is 0 Å². The fraction of sp³-hybridized carbons (Fsp3) is 0.571. The summed E-state index contributed by atoms with van der Waals surface area (Å²) in [6.07, 6.45) is 2.25. The molecule has 0 aromatic heterocycles. The number of benzene rings is 1. The standard InChI is InChI=1S/C14H22N2/c1-3-12-4-6-13(7-5-12)10-16-9-8-14(15)11(16)2/h4-7,11,14H,3,8-10,15H2,1-2H3. The van der Waals surface area contributed by atoms with Crippen molar-refractivity contribution in [2.45, 2.75) is 45.3 Å². The highest BCUT2D eigenvalue weighted by Crippen LogP contribution is 2.19. The molecule has 1 heterocycles. The van der Waals surface area contributed by atoms with E-state index >= 15 is 0 Å². The zero-order valence-electron chi connectivity index (χ0n) is 10.3. The molecule has 2 heteroatoms. The molecular formula is C14H22N2. The average molecular weight is 218 g/mol. The highest BCUT2D eigenvalue weighted by Gasteiger charge is 2.27. The van der Waals surface area contributed by atoms with Gasteiger partial charge in [-0.2, -0.15) is 0 Å². The van der Waals surface area contributed by atoms with Gasteiger partial charge in [-0.1, -0.05) is 31.2 Å². The molecule has 2 rings (SSSR count). The largest absolute Gasteiger partial charge is 0.326 e. The van der Waals surface area contributed by atoms with Gasteiger partial charge in [0.2, 0.25) is 0 Å². The fourth-order valence-corrected chi connectivity index (χ4v) is 2.37. The Morgan fingerprint density at radius 1 is 1.25 bits per heavy atom. The second kappa shape index (κ2) is 4.98. The van der Waals surface area contributed by atoms with Gasteiger partial charge >= 0.3 is 0 Å². The zero-order valence-corrected chi connectivity index (χ0v) is 10.3. The molecule has 2 unspecified atom stereocenters. The van der Waals surface area contributed by atoms with Crippen molar-refractivity contribution in [2.24, 2.45) is 5.73 Å². The van der Waals surface area contributed by atoms with E-state index in [1.165, 1.54) is 11.1 Å². The number of likely N-dealkylation sites (tertiary alicyclic amines) is 1. The van der Waals surface area contributed by atoms with Gasteiger partial charge in [0.25, 0.3) is 0 Å². The Morgan fingerprint density at radius 3 is 2.38 bits per heavy atom. The molecule has 2 nitrogen and oxygen atoms in total. The first-order valence-electron chi connectivity index (χ1n) is 6.28. The van der Waals surface area contributed by atoms with Crippen molar-refractivity contribution < 1.29 is 0 Å². The van der Waals surface area contributed by atoms with Gasteiger partial charge in [-0.3, -0.25) is 4.90 Å². The third-order valence-electron chi connectivity index (χ3n) is 3.76. The molecule has 16 heavy (non-hydrogen) atoms. The third kappa shape index (κ3) is 2.45. The van der Waals surface area contributed by atoms with Crippen LogP contribution >= 0.6 is 0 Å². The summed E-state index contributed by atoms with van der Waals surface area (Å²) in [5.41, 5.74) is 8.84. The van der Waals surface area contributed by atoms with Gasteiger partial charge in [0.15, 0.2) is 0 Å². The number of hydrogen-bond acceptors (Lipinski definition) is 2. The minimum atomic E-state index is 0.356. The number of nitrogens with zero attached hydrogens (tertiary/aromatic N) is 1. The van der Waals surface area contributed by atoms with Gasteiger partial charge in [0.1, 0.15) is 0 Å². The van der Waals surface area contributed by atoms with Gasteiger partial charge in [-0.25, -0.2) is 0 Å². The quantitative estimate of drug-likeness (QED) is 0.842. The van der Waals surface area contributed by atoms with Crippen molar-refractivity contribution >= 4 is 0 Å². The van der Waals surface area contributed by atoms with Crippen molar-refractivity contribution in [2.75, 3.05) is 6.54 Å². The molecule has 1 aromatic carbocycles. The fourth-order valence-electron chi connectivity index (χ4n) is 2.37. The number of aryl methyl sites for hydroxylation is 1. The van der Waals surface area contributed by atoms with Gasteiger partial charge < -0.3 is 5.73 Å². The molecule has 0 bridgehead atoms. The average Bonchev–Trinajstić information content (AvgIpc) is 2.62. The lowest BCUT2D eigenvalue weighted by Crippen LogP contribution is -2.36. The van der Waals surface area contributed by atoms with E-state index in [0.717, 1.165) is 25.9 Å². The second-order valence-electron chi connectivity index (χ2n) is 4.83. The maximum atomic E-state index is 6.03. The van der Waals surface area contributed by atoms with E-state index in [1.807, 2.05) is 0 Å². The van der Waals surface area contributed by atoms with Gasteiger partial charge in [-0.05, 0) is 30.9 Å². The van der Waals surface area contributed by atoms with Gasteiger partial charge in [0, 0.05) is 25.2 Å². The summed E-state index contributed by atoms with van der Waals surface area (Å²) in [6.45, 7) is 6.60. The van der Waals surface area contributed by atoms with Crippen molar-refractivity contribution in [3.05, 3.63) is 35.4 Å². The molecule has 1 fully saturated rings. The van der Waals surface area contributed by atoms with E-state index in [1.54, 1.807) is 0 Å². The summed E-state index contributed by atoms with van der Waals surface area (Å²) < 4.78 is 0. The molecule has 0 saturated carbocycles. The normalized spacial score (nSPS) is 26.2. The molecule has 1 aliphatic rings. The smallest absolute Gasteiger partial charge is 0.0237 e. The molecule has 2 atom stereocenters. The van der Waals surface area contributed by atoms with E-state index in [2.05, 4.69) is 43.0 Å². The minimum absolute atomic E-state index is 0.356. The van der Waals surface area contributed by atoms with Crippen LogP contribution in [0.15, 0.2) is 24.3 Å². The Labute approximate surface area is 98.4 Å². The van der Waals surface area contributed by atoms with Crippen LogP contribution in [0, 0.1) is 0 Å². The molecule has 1 aromatic rings. The van der Waals surface area contributed by atoms with Crippen molar-refractivity contribution in [3.8, 4) is 0 Å². The van der Waals surface area contributed by atoms with Crippen LogP contribution in [0.1, 0.15) is 31.4 Å². The predicted molar refractivity (Wildman–Crippen MR) is 68.3 cm³/mol. The molecule has 1 aliphatic heterocycles. The van der Waals surface area contributed by atoms with Crippen LogP contribution in [-0.4, -0.2) is 23.5 Å². The van der Waals surface area contributed by atoms with E-state index in [9.17, 15) is 0 Å². The Hall–Kier alpha value is -0.860. The molecule has 88 valence electrons. The Bertz CT molecular complexity index is 331. The summed E-state index contributed by atoms with van der Waals surface area (Å²) in [7, 11) is 0. The van der Waals surface area contributed by atoms with Crippen LogP contribution in [0.25, 0.3) is 0 Å². The Kier molecular flexibility index (Phi) is 3.62. The van der Waals surface area contributed by atoms with Crippen LogP contribution in [-0.2, 0) is 13.0 Å². The topological polar surface area (TPSA) is 29.3 Å². The maximum absolute atomic E-state index is 6.03. The van der Waals surface area contributed by atoms with E-state index in [4.69, 9.17) is 5.73 Å².